The molecule has 22 heavy (non-hydrogen) atoms. The monoisotopic (exact) mass is 351 g/mol. The van der Waals surface area contributed by atoms with Crippen LogP contribution in [0, 0.1) is 18.3 Å². The third-order valence-electron chi connectivity index (χ3n) is 2.98. The quantitative estimate of drug-likeness (QED) is 0.767. The number of ketones is 1. The van der Waals surface area contributed by atoms with Gasteiger partial charge >= 0.3 is 0 Å². The van der Waals surface area contributed by atoms with Gasteiger partial charge < -0.3 is 5.32 Å². The number of carbonyl (C=O) groups excluding carboxylic acids is 1. The van der Waals surface area contributed by atoms with Crippen LogP contribution in [0.1, 0.15) is 29.5 Å². The summed E-state index contributed by atoms with van der Waals surface area (Å²) >= 11 is 4.12. The molecule has 3 rings (SSSR count). The predicted octanol–water partition coefficient (Wildman–Crippen LogP) is 2.85. The lowest BCUT2D eigenvalue weighted by molar-refractivity contribution is -0.116. The van der Waals surface area contributed by atoms with Gasteiger partial charge in [0.1, 0.15) is 5.01 Å². The van der Waals surface area contributed by atoms with Gasteiger partial charge in [-0.1, -0.05) is 23.1 Å². The summed E-state index contributed by atoms with van der Waals surface area (Å²) in [6, 6.07) is 2.58. The zero-order valence-corrected chi connectivity index (χ0v) is 14.2. The van der Waals surface area contributed by atoms with E-state index in [1.807, 2.05) is 18.4 Å². The Hall–Kier alpha value is -1.50. The van der Waals surface area contributed by atoms with E-state index in [1.54, 1.807) is 0 Å². The van der Waals surface area contributed by atoms with Crippen LogP contribution in [0.2, 0.25) is 0 Å². The number of rotatable bonds is 7. The summed E-state index contributed by atoms with van der Waals surface area (Å²) in [7, 11) is 0. The Morgan fingerprint density at radius 1 is 1.59 bits per heavy atom. The van der Waals surface area contributed by atoms with Crippen LogP contribution < -0.4 is 5.32 Å². The third-order valence-corrected chi connectivity index (χ3v) is 6.02. The Labute approximate surface area is 140 Å². The van der Waals surface area contributed by atoms with Crippen molar-refractivity contribution in [2.75, 3.05) is 11.1 Å². The van der Waals surface area contributed by atoms with Crippen LogP contribution in [0.3, 0.4) is 0 Å². The molecule has 0 aromatic carbocycles. The fraction of sp³-hybridized carbons (Fsp3) is 0.462. The molecule has 114 valence electrons. The molecule has 6 nitrogen and oxygen atoms in total. The molecule has 2 heterocycles. The van der Waals surface area contributed by atoms with Gasteiger partial charge in [0, 0.05) is 17.1 Å². The number of hydrogen-bond donors (Lipinski definition) is 1. The van der Waals surface area contributed by atoms with Crippen molar-refractivity contribution in [3.05, 3.63) is 16.1 Å². The van der Waals surface area contributed by atoms with E-state index in [1.165, 1.54) is 47.3 Å². The maximum atomic E-state index is 12.2. The average molecular weight is 351 g/mol. The van der Waals surface area contributed by atoms with Crippen LogP contribution >= 0.6 is 34.4 Å². The molecule has 0 radical (unpaired) electrons. The maximum absolute atomic E-state index is 12.2. The van der Waals surface area contributed by atoms with Crippen LogP contribution in [0.25, 0.3) is 0 Å². The molecule has 0 unspecified atom stereocenters. The minimum atomic E-state index is -0.789. The van der Waals surface area contributed by atoms with Gasteiger partial charge in [-0.25, -0.2) is 4.98 Å². The first-order valence-electron chi connectivity index (χ1n) is 6.73. The number of thiazole rings is 1. The number of Topliss-reactive ketones (excluding diaryl/α,β-unsaturated/α-hetero) is 1. The number of hydrogen-bond acceptors (Lipinski definition) is 9. The standard InChI is InChI=1S/C13H13N5OS3/c1-7-5-20-11(15-7)9(4-14)10(19)6-21-13-18-17-12(22-13)16-8-2-3-8/h5,8-9H,2-3,6H2,1H3,(H,16,17)/t9-/m0/s1. The second-order valence-electron chi connectivity index (χ2n) is 4.94. The lowest BCUT2D eigenvalue weighted by Gasteiger charge is -2.03. The molecule has 1 aliphatic carbocycles. The molecule has 1 saturated carbocycles. The minimum absolute atomic E-state index is 0.145. The van der Waals surface area contributed by atoms with E-state index < -0.39 is 5.92 Å². The maximum Gasteiger partial charge on any atom is 0.206 e. The molecule has 0 spiro atoms. The third kappa shape index (κ3) is 3.82. The zero-order valence-electron chi connectivity index (χ0n) is 11.8. The van der Waals surface area contributed by atoms with Crippen molar-refractivity contribution in [1.82, 2.24) is 15.2 Å². The van der Waals surface area contributed by atoms with Gasteiger partial charge in [0.15, 0.2) is 16.0 Å². The van der Waals surface area contributed by atoms with Crippen LogP contribution in [0.4, 0.5) is 5.13 Å². The molecule has 0 amide bonds. The fourth-order valence-electron chi connectivity index (χ4n) is 1.71. The number of aryl methyl sites for hydroxylation is 1. The summed E-state index contributed by atoms with van der Waals surface area (Å²) < 4.78 is 0.739. The Kier molecular flexibility index (Phi) is 4.71. The highest BCUT2D eigenvalue weighted by Crippen LogP contribution is 2.31. The molecule has 1 fully saturated rings. The number of carbonyl (C=O) groups is 1. The van der Waals surface area contributed by atoms with Crippen molar-refractivity contribution in [1.29, 1.82) is 5.26 Å². The highest BCUT2D eigenvalue weighted by Gasteiger charge is 2.25. The van der Waals surface area contributed by atoms with E-state index >= 15 is 0 Å². The van der Waals surface area contributed by atoms with E-state index in [9.17, 15) is 10.1 Å². The Bertz CT molecular complexity index is 715. The van der Waals surface area contributed by atoms with E-state index in [0.717, 1.165) is 15.2 Å². The largest absolute Gasteiger partial charge is 0.357 e. The summed E-state index contributed by atoms with van der Waals surface area (Å²) in [5.41, 5.74) is 0.834. The lowest BCUT2D eigenvalue weighted by Crippen LogP contribution is -2.13. The van der Waals surface area contributed by atoms with Gasteiger partial charge in [-0.2, -0.15) is 5.26 Å². The normalized spacial score (nSPS) is 15.3. The number of thioether (sulfide) groups is 1. The van der Waals surface area contributed by atoms with E-state index in [2.05, 4.69) is 20.5 Å². The second-order valence-corrected chi connectivity index (χ2v) is 8.03. The molecule has 2 aromatic rings. The number of nitrogens with one attached hydrogen (secondary N) is 1. The summed E-state index contributed by atoms with van der Waals surface area (Å²) in [5, 5.41) is 23.8. The Morgan fingerprint density at radius 2 is 2.41 bits per heavy atom. The first-order valence-corrected chi connectivity index (χ1v) is 9.41. The van der Waals surface area contributed by atoms with Crippen molar-refractivity contribution in [2.45, 2.75) is 36.1 Å². The minimum Gasteiger partial charge on any atom is -0.357 e. The van der Waals surface area contributed by atoms with E-state index in [0.29, 0.717) is 11.0 Å². The second kappa shape index (κ2) is 6.73. The number of aromatic nitrogens is 3. The zero-order chi connectivity index (χ0) is 15.5. The molecule has 9 heteroatoms. The van der Waals surface area contributed by atoms with Crippen LogP contribution in [-0.4, -0.2) is 32.8 Å². The summed E-state index contributed by atoms with van der Waals surface area (Å²) in [4.78, 5) is 16.4. The predicted molar refractivity (Wildman–Crippen MR) is 87.5 cm³/mol. The molecule has 0 saturated heterocycles. The fourth-order valence-corrected chi connectivity index (χ4v) is 4.31. The number of nitriles is 1. The van der Waals surface area contributed by atoms with Crippen LogP contribution in [-0.2, 0) is 4.79 Å². The SMILES string of the molecule is Cc1csc([C@@H](C#N)C(=O)CSc2nnc(NC3CC3)s2)n1. The Balaban J connectivity index is 1.56. The highest BCUT2D eigenvalue weighted by molar-refractivity contribution is 8.01. The van der Waals surface area contributed by atoms with Crippen LogP contribution in [0.5, 0.6) is 0 Å². The van der Waals surface area contributed by atoms with Crippen molar-refractivity contribution >= 4 is 45.4 Å². The lowest BCUT2D eigenvalue weighted by atomic mass is 10.1. The van der Waals surface area contributed by atoms with Crippen molar-refractivity contribution < 1.29 is 4.79 Å². The van der Waals surface area contributed by atoms with Crippen molar-refractivity contribution in [3.63, 3.8) is 0 Å². The molecule has 0 aliphatic heterocycles. The molecule has 1 N–H and O–H groups in total. The van der Waals surface area contributed by atoms with E-state index in [4.69, 9.17) is 0 Å². The first kappa shape index (κ1) is 15.4. The van der Waals surface area contributed by atoms with Crippen molar-refractivity contribution in [2.24, 2.45) is 0 Å². The van der Waals surface area contributed by atoms with Gasteiger partial charge in [-0.3, -0.25) is 4.79 Å². The van der Waals surface area contributed by atoms with Gasteiger partial charge in [0.25, 0.3) is 0 Å². The number of nitrogens with zero attached hydrogens (tertiary/aromatic N) is 4. The van der Waals surface area contributed by atoms with Gasteiger partial charge in [-0.05, 0) is 19.8 Å². The Morgan fingerprint density at radius 3 is 3.05 bits per heavy atom. The molecular formula is C13H13N5OS3. The summed E-state index contributed by atoms with van der Waals surface area (Å²) in [6.45, 7) is 1.85. The highest BCUT2D eigenvalue weighted by atomic mass is 32.2. The van der Waals surface area contributed by atoms with Crippen LogP contribution in [0.15, 0.2) is 9.72 Å². The van der Waals surface area contributed by atoms with Crippen molar-refractivity contribution in [3.8, 4) is 6.07 Å². The average Bonchev–Trinajstić information content (AvgIpc) is 3.02. The molecule has 1 atom stereocenters. The summed E-state index contributed by atoms with van der Waals surface area (Å²) in [6.07, 6.45) is 2.36. The first-order chi connectivity index (χ1) is 10.7. The van der Waals surface area contributed by atoms with Gasteiger partial charge in [0.2, 0.25) is 5.13 Å². The molecule has 1 aliphatic rings. The van der Waals surface area contributed by atoms with Gasteiger partial charge in [-0.15, -0.1) is 21.5 Å². The molecule has 0 bridgehead atoms. The topological polar surface area (TPSA) is 91.6 Å². The summed E-state index contributed by atoms with van der Waals surface area (Å²) in [5.74, 6) is -0.730. The van der Waals surface area contributed by atoms with E-state index in [-0.39, 0.29) is 11.5 Å². The smallest absolute Gasteiger partial charge is 0.206 e. The van der Waals surface area contributed by atoms with Gasteiger partial charge in [0.05, 0.1) is 11.8 Å². The molecular weight excluding hydrogens is 338 g/mol. The molecule has 2 aromatic heterocycles. The number of anilines is 1.